The molecule has 0 N–H and O–H groups in total. The summed E-state index contributed by atoms with van der Waals surface area (Å²) in [4.78, 5) is 0. The molecular formula is C12H22. The van der Waals surface area contributed by atoms with Gasteiger partial charge in [0, 0.05) is 0 Å². The minimum atomic E-state index is 0.559. The maximum Gasteiger partial charge on any atom is -0.0233 e. The largest absolute Gasteiger partial charge is 0.0622 e. The van der Waals surface area contributed by atoms with Gasteiger partial charge < -0.3 is 0 Å². The fraction of sp³-hybridized carbons (Fsp3) is 1.00. The molecular weight excluding hydrogens is 144 g/mol. The zero-order valence-corrected chi connectivity index (χ0v) is 9.20. The standard InChI is InChI=1S/C12H22/c1-9(2)11-6-12(7-11,8-11)10(3,4)5/h9H,6-8H2,1-5H3. The summed E-state index contributed by atoms with van der Waals surface area (Å²) in [6.07, 6.45) is 4.55. The zero-order valence-electron chi connectivity index (χ0n) is 9.20. The molecule has 3 rings (SSSR count). The summed E-state index contributed by atoms with van der Waals surface area (Å²) >= 11 is 0. The van der Waals surface area contributed by atoms with Gasteiger partial charge in [-0.25, -0.2) is 0 Å². The van der Waals surface area contributed by atoms with Crippen LogP contribution < -0.4 is 0 Å². The highest BCUT2D eigenvalue weighted by molar-refractivity contribution is 5.21. The van der Waals surface area contributed by atoms with Gasteiger partial charge in [-0.2, -0.15) is 0 Å². The topological polar surface area (TPSA) is 0 Å². The fourth-order valence-electron chi connectivity index (χ4n) is 3.27. The molecule has 0 aliphatic heterocycles. The minimum Gasteiger partial charge on any atom is -0.0622 e. The summed E-state index contributed by atoms with van der Waals surface area (Å²) in [6, 6.07) is 0. The summed E-state index contributed by atoms with van der Waals surface area (Å²) in [5.41, 5.74) is 2.09. The summed E-state index contributed by atoms with van der Waals surface area (Å²) in [6.45, 7) is 12.0. The second-order valence-corrected chi connectivity index (χ2v) is 6.58. The molecule has 0 atom stereocenters. The second-order valence-electron chi connectivity index (χ2n) is 6.58. The van der Waals surface area contributed by atoms with Gasteiger partial charge in [0.05, 0.1) is 0 Å². The van der Waals surface area contributed by atoms with E-state index in [4.69, 9.17) is 0 Å². The first-order valence-corrected chi connectivity index (χ1v) is 5.31. The van der Waals surface area contributed by atoms with Gasteiger partial charge >= 0.3 is 0 Å². The molecule has 2 bridgehead atoms. The lowest BCUT2D eigenvalue weighted by Gasteiger charge is -2.77. The molecule has 0 unspecified atom stereocenters. The molecule has 0 radical (unpaired) electrons. The molecule has 3 saturated carbocycles. The van der Waals surface area contributed by atoms with Crippen LogP contribution in [0, 0.1) is 22.2 Å². The number of hydrogen-bond acceptors (Lipinski definition) is 0. The van der Waals surface area contributed by atoms with Crippen molar-refractivity contribution in [3.8, 4) is 0 Å². The van der Waals surface area contributed by atoms with Crippen molar-refractivity contribution < 1.29 is 0 Å². The molecule has 3 aliphatic rings. The van der Waals surface area contributed by atoms with Crippen molar-refractivity contribution in [2.24, 2.45) is 22.2 Å². The average molecular weight is 166 g/mol. The molecule has 0 heterocycles. The van der Waals surface area contributed by atoms with Gasteiger partial charge in [0.2, 0.25) is 0 Å². The van der Waals surface area contributed by atoms with Crippen LogP contribution in [0.5, 0.6) is 0 Å². The van der Waals surface area contributed by atoms with E-state index in [-0.39, 0.29) is 0 Å². The lowest BCUT2D eigenvalue weighted by molar-refractivity contribution is -0.279. The Morgan fingerprint density at radius 1 is 1.00 bits per heavy atom. The third kappa shape index (κ3) is 0.744. The Balaban J connectivity index is 2.05. The van der Waals surface area contributed by atoms with Gasteiger partial charge in [-0.15, -0.1) is 0 Å². The Labute approximate surface area is 76.7 Å². The van der Waals surface area contributed by atoms with E-state index in [0.29, 0.717) is 5.41 Å². The zero-order chi connectivity index (χ0) is 9.20. The van der Waals surface area contributed by atoms with Crippen LogP contribution in [-0.2, 0) is 0 Å². The first-order chi connectivity index (χ1) is 5.31. The molecule has 70 valence electrons. The van der Waals surface area contributed by atoms with Gasteiger partial charge in [0.25, 0.3) is 0 Å². The molecule has 0 spiro atoms. The summed E-state index contributed by atoms with van der Waals surface area (Å²) in [5, 5.41) is 0. The number of hydrogen-bond donors (Lipinski definition) is 0. The monoisotopic (exact) mass is 166 g/mol. The van der Waals surface area contributed by atoms with Crippen LogP contribution in [0.2, 0.25) is 0 Å². The molecule has 0 aromatic heterocycles. The van der Waals surface area contributed by atoms with Crippen LogP contribution in [0.4, 0.5) is 0 Å². The average Bonchev–Trinajstić information content (AvgIpc) is 1.46. The van der Waals surface area contributed by atoms with Crippen LogP contribution in [0.1, 0.15) is 53.9 Å². The van der Waals surface area contributed by atoms with Crippen LogP contribution in [0.25, 0.3) is 0 Å². The molecule has 3 aliphatic carbocycles. The highest BCUT2D eigenvalue weighted by Crippen LogP contribution is 2.81. The Morgan fingerprint density at radius 3 is 1.67 bits per heavy atom. The maximum atomic E-state index is 2.41. The SMILES string of the molecule is CC(C)C12CC(C(C)(C)C)(C1)C2. The van der Waals surface area contributed by atoms with E-state index < -0.39 is 0 Å². The van der Waals surface area contributed by atoms with E-state index in [0.717, 1.165) is 16.7 Å². The smallest absolute Gasteiger partial charge is 0.0233 e. The van der Waals surface area contributed by atoms with Gasteiger partial charge in [-0.1, -0.05) is 34.6 Å². The Kier molecular flexibility index (Phi) is 1.37. The normalized spacial score (nSPS) is 45.5. The molecule has 3 fully saturated rings. The van der Waals surface area contributed by atoms with Crippen LogP contribution >= 0.6 is 0 Å². The molecule has 0 aromatic carbocycles. The Bertz CT molecular complexity index is 185. The highest BCUT2D eigenvalue weighted by atomic mass is 14.8. The van der Waals surface area contributed by atoms with Crippen molar-refractivity contribution in [3.63, 3.8) is 0 Å². The first-order valence-electron chi connectivity index (χ1n) is 5.31. The van der Waals surface area contributed by atoms with E-state index in [9.17, 15) is 0 Å². The van der Waals surface area contributed by atoms with Crippen molar-refractivity contribution in [2.45, 2.75) is 53.9 Å². The van der Waals surface area contributed by atoms with Crippen molar-refractivity contribution >= 4 is 0 Å². The number of rotatable bonds is 1. The third-order valence-corrected chi connectivity index (χ3v) is 4.89. The Hall–Kier alpha value is 0. The van der Waals surface area contributed by atoms with E-state index >= 15 is 0 Å². The van der Waals surface area contributed by atoms with E-state index in [1.807, 2.05) is 0 Å². The first kappa shape index (κ1) is 8.59. The Morgan fingerprint density at radius 2 is 1.42 bits per heavy atom. The van der Waals surface area contributed by atoms with Crippen molar-refractivity contribution in [1.82, 2.24) is 0 Å². The van der Waals surface area contributed by atoms with Gasteiger partial charge in [0.1, 0.15) is 0 Å². The van der Waals surface area contributed by atoms with Crippen molar-refractivity contribution in [1.29, 1.82) is 0 Å². The molecule has 0 saturated heterocycles. The summed E-state index contributed by atoms with van der Waals surface area (Å²) in [7, 11) is 0. The van der Waals surface area contributed by atoms with Gasteiger partial charge in [0.15, 0.2) is 0 Å². The molecule has 0 amide bonds. The molecule has 0 aromatic rings. The highest BCUT2D eigenvalue weighted by Gasteiger charge is 2.71. The molecule has 12 heavy (non-hydrogen) atoms. The summed E-state index contributed by atoms with van der Waals surface area (Å²) < 4.78 is 0. The van der Waals surface area contributed by atoms with E-state index in [1.54, 1.807) is 0 Å². The third-order valence-electron chi connectivity index (χ3n) is 4.89. The molecule has 0 heteroatoms. The lowest BCUT2D eigenvalue weighted by Crippen LogP contribution is -2.68. The fourth-order valence-corrected chi connectivity index (χ4v) is 3.27. The predicted octanol–water partition coefficient (Wildman–Crippen LogP) is 3.86. The predicted molar refractivity (Wildman–Crippen MR) is 53.0 cm³/mol. The van der Waals surface area contributed by atoms with E-state index in [2.05, 4.69) is 34.6 Å². The summed E-state index contributed by atoms with van der Waals surface area (Å²) in [5.74, 6) is 0.918. The van der Waals surface area contributed by atoms with Crippen molar-refractivity contribution in [3.05, 3.63) is 0 Å². The lowest BCUT2D eigenvalue weighted by atomic mass is 9.27. The maximum absolute atomic E-state index is 2.41. The molecule has 0 nitrogen and oxygen atoms in total. The van der Waals surface area contributed by atoms with Crippen LogP contribution in [0.15, 0.2) is 0 Å². The van der Waals surface area contributed by atoms with Crippen molar-refractivity contribution in [2.75, 3.05) is 0 Å². The minimum absolute atomic E-state index is 0.559. The van der Waals surface area contributed by atoms with E-state index in [1.165, 1.54) is 19.3 Å². The van der Waals surface area contributed by atoms with Gasteiger partial charge in [-0.05, 0) is 41.4 Å². The quantitative estimate of drug-likeness (QED) is 0.555. The van der Waals surface area contributed by atoms with Gasteiger partial charge in [-0.3, -0.25) is 0 Å². The van der Waals surface area contributed by atoms with Crippen LogP contribution in [0.3, 0.4) is 0 Å². The van der Waals surface area contributed by atoms with Crippen LogP contribution in [-0.4, -0.2) is 0 Å². The second kappa shape index (κ2) is 1.91.